The molecule has 6 nitrogen and oxygen atoms in total. The third kappa shape index (κ3) is 5.31. The molecule has 0 fully saturated rings. The highest BCUT2D eigenvalue weighted by molar-refractivity contribution is 5.92. The Balaban J connectivity index is 2.53. The fourth-order valence-electron chi connectivity index (χ4n) is 1.25. The van der Waals surface area contributed by atoms with Crippen LogP contribution in [-0.2, 0) is 9.59 Å². The van der Waals surface area contributed by atoms with Crippen LogP contribution < -0.4 is 15.4 Å². The van der Waals surface area contributed by atoms with Crippen LogP contribution in [0.4, 0.5) is 5.69 Å². The molecule has 1 amide bonds. The van der Waals surface area contributed by atoms with Gasteiger partial charge in [-0.3, -0.25) is 4.79 Å². The molecule has 1 rings (SSSR count). The topological polar surface area (TPSA) is 87.7 Å². The van der Waals surface area contributed by atoms with E-state index in [0.29, 0.717) is 11.4 Å². The molecule has 0 atom stereocenters. The molecule has 0 aliphatic carbocycles. The van der Waals surface area contributed by atoms with Crippen molar-refractivity contribution >= 4 is 17.6 Å². The number of amides is 1. The Labute approximate surface area is 105 Å². The lowest BCUT2D eigenvalue weighted by Gasteiger charge is -2.08. The van der Waals surface area contributed by atoms with E-state index in [1.165, 1.54) is 0 Å². The third-order valence-electron chi connectivity index (χ3n) is 2.02. The zero-order chi connectivity index (χ0) is 13.4. The van der Waals surface area contributed by atoms with Gasteiger partial charge in [-0.1, -0.05) is 13.0 Å². The van der Waals surface area contributed by atoms with Crippen molar-refractivity contribution in [2.24, 2.45) is 0 Å². The number of carboxylic acid groups (broad SMARTS) is 1. The van der Waals surface area contributed by atoms with Crippen LogP contribution in [0.1, 0.15) is 6.92 Å². The minimum absolute atomic E-state index is 0.160. The lowest BCUT2D eigenvalue weighted by Crippen LogP contribution is -2.27. The molecule has 0 radical (unpaired) electrons. The highest BCUT2D eigenvalue weighted by Crippen LogP contribution is 2.17. The van der Waals surface area contributed by atoms with Crippen molar-refractivity contribution in [3.05, 3.63) is 24.3 Å². The first-order valence-electron chi connectivity index (χ1n) is 5.57. The SMILES string of the molecule is CCNCC(=O)Nc1cccc(OCC(=O)O)c1. The standard InChI is InChI=1S/C12H16N2O4/c1-2-13-7-11(15)14-9-4-3-5-10(6-9)18-8-12(16)17/h3-6,13H,2,7-8H2,1H3,(H,14,15)(H,16,17). The molecule has 0 spiro atoms. The molecule has 0 unspecified atom stereocenters. The van der Waals surface area contributed by atoms with E-state index in [1.807, 2.05) is 6.92 Å². The second-order valence-corrected chi connectivity index (χ2v) is 3.54. The maximum absolute atomic E-state index is 11.4. The number of carbonyl (C=O) groups excluding carboxylic acids is 1. The number of rotatable bonds is 7. The molecule has 18 heavy (non-hydrogen) atoms. The van der Waals surface area contributed by atoms with Crippen molar-refractivity contribution in [1.29, 1.82) is 0 Å². The van der Waals surface area contributed by atoms with Crippen molar-refractivity contribution in [2.75, 3.05) is 25.0 Å². The molecule has 3 N–H and O–H groups in total. The van der Waals surface area contributed by atoms with Gasteiger partial charge < -0.3 is 20.5 Å². The number of carboxylic acids is 1. The summed E-state index contributed by atoms with van der Waals surface area (Å²) in [6.45, 7) is 2.45. The minimum Gasteiger partial charge on any atom is -0.482 e. The lowest BCUT2D eigenvalue weighted by atomic mass is 10.3. The maximum atomic E-state index is 11.4. The number of carbonyl (C=O) groups is 2. The molecular formula is C12H16N2O4. The molecule has 0 saturated carbocycles. The fraction of sp³-hybridized carbons (Fsp3) is 0.333. The quantitative estimate of drug-likeness (QED) is 0.664. The molecule has 0 aliphatic rings. The van der Waals surface area contributed by atoms with Crippen LogP contribution in [-0.4, -0.2) is 36.7 Å². The van der Waals surface area contributed by atoms with Gasteiger partial charge in [0.15, 0.2) is 6.61 Å². The van der Waals surface area contributed by atoms with Gasteiger partial charge in [0, 0.05) is 11.8 Å². The summed E-state index contributed by atoms with van der Waals surface area (Å²) >= 11 is 0. The Bertz CT molecular complexity index is 420. The second kappa shape index (κ2) is 7.29. The molecule has 0 aromatic heterocycles. The molecule has 0 aliphatic heterocycles. The van der Waals surface area contributed by atoms with Crippen molar-refractivity contribution in [1.82, 2.24) is 5.32 Å². The Morgan fingerprint density at radius 3 is 2.83 bits per heavy atom. The molecule has 1 aromatic rings. The zero-order valence-corrected chi connectivity index (χ0v) is 10.1. The van der Waals surface area contributed by atoms with Gasteiger partial charge in [0.2, 0.25) is 5.91 Å². The van der Waals surface area contributed by atoms with E-state index >= 15 is 0 Å². The number of likely N-dealkylation sites (N-methyl/N-ethyl adjacent to an activating group) is 1. The Kier molecular flexibility index (Phi) is 5.66. The van der Waals surface area contributed by atoms with Gasteiger partial charge in [0.05, 0.1) is 6.54 Å². The van der Waals surface area contributed by atoms with Gasteiger partial charge in [-0.25, -0.2) is 4.79 Å². The average Bonchev–Trinajstić information content (AvgIpc) is 2.34. The van der Waals surface area contributed by atoms with Crippen LogP contribution in [0, 0.1) is 0 Å². The molecular weight excluding hydrogens is 236 g/mol. The predicted molar refractivity (Wildman–Crippen MR) is 66.7 cm³/mol. The van der Waals surface area contributed by atoms with E-state index in [-0.39, 0.29) is 12.5 Å². The Morgan fingerprint density at radius 1 is 1.39 bits per heavy atom. The summed E-state index contributed by atoms with van der Waals surface area (Å²) in [5.41, 5.74) is 0.570. The number of hydrogen-bond acceptors (Lipinski definition) is 4. The lowest BCUT2D eigenvalue weighted by molar-refractivity contribution is -0.139. The second-order valence-electron chi connectivity index (χ2n) is 3.54. The van der Waals surface area contributed by atoms with E-state index in [0.717, 1.165) is 6.54 Å². The van der Waals surface area contributed by atoms with E-state index in [9.17, 15) is 9.59 Å². The summed E-state index contributed by atoms with van der Waals surface area (Å²) in [7, 11) is 0. The van der Waals surface area contributed by atoms with E-state index in [2.05, 4.69) is 10.6 Å². The first-order chi connectivity index (χ1) is 8.61. The van der Waals surface area contributed by atoms with Gasteiger partial charge in [0.25, 0.3) is 0 Å². The number of aliphatic carboxylic acids is 1. The van der Waals surface area contributed by atoms with Crippen LogP contribution in [0.25, 0.3) is 0 Å². The van der Waals surface area contributed by atoms with E-state index < -0.39 is 12.6 Å². The number of hydrogen-bond donors (Lipinski definition) is 3. The Hall–Kier alpha value is -2.08. The van der Waals surface area contributed by atoms with Crippen molar-refractivity contribution < 1.29 is 19.4 Å². The van der Waals surface area contributed by atoms with Crippen LogP contribution in [0.15, 0.2) is 24.3 Å². The molecule has 1 aromatic carbocycles. The van der Waals surface area contributed by atoms with Gasteiger partial charge in [0.1, 0.15) is 5.75 Å². The van der Waals surface area contributed by atoms with Gasteiger partial charge >= 0.3 is 5.97 Å². The predicted octanol–water partition coefficient (Wildman–Crippen LogP) is 0.698. The minimum atomic E-state index is -1.04. The van der Waals surface area contributed by atoms with Crippen LogP contribution in [0.5, 0.6) is 5.75 Å². The summed E-state index contributed by atoms with van der Waals surface area (Å²) in [6, 6.07) is 6.59. The average molecular weight is 252 g/mol. The van der Waals surface area contributed by atoms with E-state index in [4.69, 9.17) is 9.84 Å². The number of nitrogens with one attached hydrogen (secondary N) is 2. The summed E-state index contributed by atoms with van der Waals surface area (Å²) in [5.74, 6) is -0.803. The largest absolute Gasteiger partial charge is 0.482 e. The van der Waals surface area contributed by atoms with Gasteiger partial charge in [-0.05, 0) is 18.7 Å². The highest BCUT2D eigenvalue weighted by atomic mass is 16.5. The highest BCUT2D eigenvalue weighted by Gasteiger charge is 2.03. The molecule has 0 heterocycles. The smallest absolute Gasteiger partial charge is 0.341 e. The number of ether oxygens (including phenoxy) is 1. The molecule has 98 valence electrons. The van der Waals surface area contributed by atoms with Crippen LogP contribution in [0.3, 0.4) is 0 Å². The number of anilines is 1. The van der Waals surface area contributed by atoms with Crippen LogP contribution in [0.2, 0.25) is 0 Å². The van der Waals surface area contributed by atoms with Crippen molar-refractivity contribution in [3.63, 3.8) is 0 Å². The Morgan fingerprint density at radius 2 is 2.17 bits per heavy atom. The maximum Gasteiger partial charge on any atom is 0.341 e. The summed E-state index contributed by atoms with van der Waals surface area (Å²) in [4.78, 5) is 21.8. The van der Waals surface area contributed by atoms with Gasteiger partial charge in [-0.2, -0.15) is 0 Å². The van der Waals surface area contributed by atoms with Crippen molar-refractivity contribution in [3.8, 4) is 5.75 Å². The van der Waals surface area contributed by atoms with Gasteiger partial charge in [-0.15, -0.1) is 0 Å². The third-order valence-corrected chi connectivity index (χ3v) is 2.02. The van der Waals surface area contributed by atoms with Crippen LogP contribution >= 0.6 is 0 Å². The number of benzene rings is 1. The monoisotopic (exact) mass is 252 g/mol. The zero-order valence-electron chi connectivity index (χ0n) is 10.1. The summed E-state index contributed by atoms with van der Waals surface area (Å²) in [5, 5.41) is 14.1. The molecule has 0 saturated heterocycles. The van der Waals surface area contributed by atoms with E-state index in [1.54, 1.807) is 24.3 Å². The molecule has 6 heteroatoms. The first kappa shape index (κ1) is 14.0. The summed E-state index contributed by atoms with van der Waals surface area (Å²) < 4.78 is 5.00. The first-order valence-corrected chi connectivity index (χ1v) is 5.57. The fourth-order valence-corrected chi connectivity index (χ4v) is 1.25. The molecule has 0 bridgehead atoms. The van der Waals surface area contributed by atoms with Crippen molar-refractivity contribution in [2.45, 2.75) is 6.92 Å². The summed E-state index contributed by atoms with van der Waals surface area (Å²) in [6.07, 6.45) is 0. The normalized spacial score (nSPS) is 9.83.